The maximum Gasteiger partial charge on any atom is 0.127 e. The Labute approximate surface area is 313 Å². The molecule has 264 valence electrons. The molecule has 7 nitrogen and oxygen atoms in total. The molecule has 0 saturated carbocycles. The zero-order chi connectivity index (χ0) is 36.8. The van der Waals surface area contributed by atoms with Crippen LogP contribution >= 0.6 is 0 Å². The summed E-state index contributed by atoms with van der Waals surface area (Å²) in [6.45, 7) is 4.44. The minimum absolute atomic E-state index is 0.559. The van der Waals surface area contributed by atoms with E-state index >= 15 is 0 Å². The lowest BCUT2D eigenvalue weighted by molar-refractivity contribution is 0.0258. The summed E-state index contributed by atoms with van der Waals surface area (Å²) in [5.74, 6) is 0. The van der Waals surface area contributed by atoms with Crippen LogP contribution in [0.5, 0.6) is 0 Å². The van der Waals surface area contributed by atoms with Gasteiger partial charge in [-0.3, -0.25) is 19.9 Å². The van der Waals surface area contributed by atoms with Gasteiger partial charge < -0.3 is 4.74 Å². The molecule has 0 saturated heterocycles. The molecule has 7 heteroatoms. The molecular weight excluding hydrogens is 653 g/mol. The fourth-order valence-corrected chi connectivity index (χ4v) is 6.33. The highest BCUT2D eigenvalue weighted by molar-refractivity contribution is 5.60. The second kappa shape index (κ2) is 18.5. The van der Waals surface area contributed by atoms with Crippen molar-refractivity contribution in [3.05, 3.63) is 167 Å². The highest BCUT2D eigenvalue weighted by atomic mass is 16.5. The van der Waals surface area contributed by atoms with Crippen molar-refractivity contribution in [2.75, 3.05) is 0 Å². The van der Waals surface area contributed by atoms with Crippen molar-refractivity contribution in [2.45, 2.75) is 77.4 Å². The lowest BCUT2D eigenvalue weighted by Gasteiger charge is -2.25. The van der Waals surface area contributed by atoms with Crippen LogP contribution < -0.4 is 0 Å². The van der Waals surface area contributed by atoms with Gasteiger partial charge >= 0.3 is 0 Å². The summed E-state index contributed by atoms with van der Waals surface area (Å²) in [5, 5.41) is 18.5. The number of ether oxygens (including phenoxy) is 1. The molecule has 0 bridgehead atoms. The van der Waals surface area contributed by atoms with Gasteiger partial charge in [0.15, 0.2) is 0 Å². The Bertz CT molecular complexity index is 1960. The molecule has 0 aliphatic heterocycles. The summed E-state index contributed by atoms with van der Waals surface area (Å²) in [5.41, 5.74) is 10.2. The van der Waals surface area contributed by atoms with E-state index in [-0.39, 0.29) is 0 Å². The fraction of sp³-hybridized carbons (Fsp3) is 0.261. The second-order valence-corrected chi connectivity index (χ2v) is 13.3. The smallest absolute Gasteiger partial charge is 0.127 e. The highest BCUT2D eigenvalue weighted by Gasteiger charge is 2.26. The topological polar surface area (TPSA) is 108 Å². The minimum Gasteiger partial charge on any atom is -0.353 e. The summed E-state index contributed by atoms with van der Waals surface area (Å²) in [7, 11) is 0. The molecule has 6 aromatic rings. The average molecular weight is 697 g/mol. The molecule has 6 rings (SSSR count). The maximum atomic E-state index is 9.24. The molecule has 2 unspecified atom stereocenters. The van der Waals surface area contributed by atoms with Crippen LogP contribution in [0.1, 0.15) is 109 Å². The Balaban J connectivity index is 1.37. The largest absolute Gasteiger partial charge is 0.353 e. The van der Waals surface area contributed by atoms with Crippen molar-refractivity contribution >= 4 is 0 Å². The number of unbranched alkanes of at least 4 members (excludes halogenated alkanes) is 4. The van der Waals surface area contributed by atoms with Crippen LogP contribution in [0.3, 0.4) is 0 Å². The SMILES string of the molecule is CCCCCc1ccc(C(OC(c2ccc(CCCCC)cc2)c2cnc(-c3ccc(C#N)cc3)cn2)c2cnc(-c3ccc(C#N)cc3)cn2)cc1. The van der Waals surface area contributed by atoms with Crippen LogP contribution in [-0.4, -0.2) is 19.9 Å². The molecule has 0 radical (unpaired) electrons. The quantitative estimate of drug-likeness (QED) is 0.0927. The van der Waals surface area contributed by atoms with Gasteiger partial charge in [-0.15, -0.1) is 0 Å². The zero-order valence-corrected chi connectivity index (χ0v) is 30.5. The van der Waals surface area contributed by atoms with Crippen molar-refractivity contribution in [1.29, 1.82) is 10.5 Å². The summed E-state index contributed by atoms with van der Waals surface area (Å²) in [6.07, 6.45) is 15.1. The molecular formula is C46H44N6O. The third-order valence-corrected chi connectivity index (χ3v) is 9.48. The van der Waals surface area contributed by atoms with E-state index < -0.39 is 12.2 Å². The fourth-order valence-electron chi connectivity index (χ4n) is 6.33. The van der Waals surface area contributed by atoms with Crippen molar-refractivity contribution in [3.8, 4) is 34.7 Å². The van der Waals surface area contributed by atoms with Gasteiger partial charge in [-0.25, -0.2) is 0 Å². The number of aryl methyl sites for hydroxylation is 2. The number of aromatic nitrogens is 4. The monoisotopic (exact) mass is 696 g/mol. The Morgan fingerprint density at radius 2 is 0.887 bits per heavy atom. The number of hydrogen-bond acceptors (Lipinski definition) is 7. The molecule has 0 spiro atoms. The van der Waals surface area contributed by atoms with Crippen LogP contribution in [0, 0.1) is 22.7 Å². The number of hydrogen-bond donors (Lipinski definition) is 0. The van der Waals surface area contributed by atoms with Gasteiger partial charge in [0.1, 0.15) is 12.2 Å². The first-order chi connectivity index (χ1) is 26.1. The number of nitriles is 2. The molecule has 2 aromatic heterocycles. The van der Waals surface area contributed by atoms with Gasteiger partial charge in [0.25, 0.3) is 0 Å². The number of benzene rings is 4. The van der Waals surface area contributed by atoms with Gasteiger partial charge in [-0.1, -0.05) is 112 Å². The first kappa shape index (κ1) is 36.8. The first-order valence-corrected chi connectivity index (χ1v) is 18.6. The first-order valence-electron chi connectivity index (χ1n) is 18.6. The van der Waals surface area contributed by atoms with Gasteiger partial charge in [-0.2, -0.15) is 10.5 Å². The summed E-state index contributed by atoms with van der Waals surface area (Å²) in [6, 6.07) is 36.3. The molecule has 2 heterocycles. The highest BCUT2D eigenvalue weighted by Crippen LogP contribution is 2.36. The van der Waals surface area contributed by atoms with E-state index in [1.165, 1.54) is 36.8 Å². The predicted molar refractivity (Wildman–Crippen MR) is 208 cm³/mol. The molecule has 0 amide bonds. The molecule has 2 atom stereocenters. The van der Waals surface area contributed by atoms with E-state index in [4.69, 9.17) is 24.7 Å². The van der Waals surface area contributed by atoms with E-state index in [2.05, 4.69) is 74.5 Å². The van der Waals surface area contributed by atoms with Crippen LogP contribution in [0.25, 0.3) is 22.5 Å². The molecule has 4 aromatic carbocycles. The number of rotatable bonds is 16. The summed E-state index contributed by atoms with van der Waals surface area (Å²) in [4.78, 5) is 19.4. The van der Waals surface area contributed by atoms with E-state index in [9.17, 15) is 10.5 Å². The lowest BCUT2D eigenvalue weighted by Crippen LogP contribution is -2.16. The van der Waals surface area contributed by atoms with Crippen molar-refractivity contribution in [2.24, 2.45) is 0 Å². The summed E-state index contributed by atoms with van der Waals surface area (Å²) < 4.78 is 7.15. The van der Waals surface area contributed by atoms with Crippen LogP contribution in [0.15, 0.2) is 122 Å². The minimum atomic E-state index is -0.559. The molecule has 0 aliphatic rings. The van der Waals surface area contributed by atoms with Crippen molar-refractivity contribution in [3.63, 3.8) is 0 Å². The number of nitrogens with zero attached hydrogens (tertiary/aromatic N) is 6. The standard InChI is InChI=1S/C46H44N6O/c1-3-5-7-9-33-11-23-39(24-12-33)45(43-31-49-41(29-51-43)37-19-15-35(27-47)16-20-37)53-46(40-25-13-34(14-26-40)10-8-6-4-2)44-32-50-42(30-52-44)38-21-17-36(28-48)18-22-38/h11-26,29-32,45-46H,3-10H2,1-2H3. The van der Waals surface area contributed by atoms with E-state index in [1.54, 1.807) is 49.1 Å². The Kier molecular flexibility index (Phi) is 12.8. The molecule has 0 N–H and O–H groups in total. The lowest BCUT2D eigenvalue weighted by atomic mass is 9.99. The van der Waals surface area contributed by atoms with E-state index in [1.807, 2.05) is 24.3 Å². The van der Waals surface area contributed by atoms with Crippen molar-refractivity contribution in [1.82, 2.24) is 19.9 Å². The predicted octanol–water partition coefficient (Wildman–Crippen LogP) is 10.7. The van der Waals surface area contributed by atoms with Gasteiger partial charge in [-0.05, 0) is 72.2 Å². The van der Waals surface area contributed by atoms with E-state index in [0.29, 0.717) is 33.9 Å². The Morgan fingerprint density at radius 1 is 0.491 bits per heavy atom. The summed E-state index contributed by atoms with van der Waals surface area (Å²) >= 11 is 0. The van der Waals surface area contributed by atoms with Gasteiger partial charge in [0.2, 0.25) is 0 Å². The second-order valence-electron chi connectivity index (χ2n) is 13.3. The average Bonchev–Trinajstić information content (AvgIpc) is 3.22. The van der Waals surface area contributed by atoms with Gasteiger partial charge in [0.05, 0.1) is 70.8 Å². The van der Waals surface area contributed by atoms with E-state index in [0.717, 1.165) is 47.9 Å². The van der Waals surface area contributed by atoms with Crippen molar-refractivity contribution < 1.29 is 4.74 Å². The zero-order valence-electron chi connectivity index (χ0n) is 30.5. The Hall–Kier alpha value is -6.02. The third kappa shape index (κ3) is 9.65. The van der Waals surface area contributed by atoms with Gasteiger partial charge in [0, 0.05) is 11.1 Å². The normalized spacial score (nSPS) is 12.1. The molecule has 0 fully saturated rings. The molecule has 0 aliphatic carbocycles. The molecule has 53 heavy (non-hydrogen) atoms. The van der Waals surface area contributed by atoms with Crippen LogP contribution in [0.4, 0.5) is 0 Å². The van der Waals surface area contributed by atoms with Crippen LogP contribution in [-0.2, 0) is 17.6 Å². The Morgan fingerprint density at radius 3 is 1.21 bits per heavy atom. The third-order valence-electron chi connectivity index (χ3n) is 9.48. The van der Waals surface area contributed by atoms with Crippen LogP contribution in [0.2, 0.25) is 0 Å². The maximum absolute atomic E-state index is 9.24.